The Labute approximate surface area is 256 Å². The van der Waals surface area contributed by atoms with Gasteiger partial charge in [0.2, 0.25) is 0 Å². The molecule has 0 spiro atoms. The Morgan fingerprint density at radius 2 is 1.59 bits per heavy atom. The van der Waals surface area contributed by atoms with Gasteiger partial charge in [-0.05, 0) is 90.4 Å². The van der Waals surface area contributed by atoms with Gasteiger partial charge in [0, 0.05) is 57.4 Å². The van der Waals surface area contributed by atoms with E-state index in [9.17, 15) is 19.7 Å². The van der Waals surface area contributed by atoms with Crippen molar-refractivity contribution in [3.8, 4) is 16.8 Å². The van der Waals surface area contributed by atoms with E-state index < -0.39 is 0 Å². The Morgan fingerprint density at radius 1 is 0.886 bits per heavy atom. The van der Waals surface area contributed by atoms with E-state index in [1.165, 1.54) is 0 Å². The molecule has 4 aromatic carbocycles. The van der Waals surface area contributed by atoms with Crippen molar-refractivity contribution >= 4 is 28.2 Å². The van der Waals surface area contributed by atoms with Crippen LogP contribution in [0.4, 0.5) is 5.69 Å². The zero-order valence-electron chi connectivity index (χ0n) is 25.3. The van der Waals surface area contributed by atoms with Gasteiger partial charge in [0.1, 0.15) is 0 Å². The van der Waals surface area contributed by atoms with Gasteiger partial charge in [0.05, 0.1) is 10.4 Å². The minimum atomic E-state index is -0.372. The van der Waals surface area contributed by atoms with Crippen LogP contribution in [0, 0.1) is 17.0 Å². The predicted octanol–water partition coefficient (Wildman–Crippen LogP) is 9.07. The molecule has 0 atom stereocenters. The molecule has 2 aliphatic rings. The van der Waals surface area contributed by atoms with E-state index in [2.05, 4.69) is 18.4 Å². The first-order valence-corrected chi connectivity index (χ1v) is 15.5. The molecule has 5 aromatic rings. The molecule has 2 aliphatic carbocycles. The van der Waals surface area contributed by atoms with E-state index >= 15 is 0 Å². The van der Waals surface area contributed by atoms with Crippen LogP contribution in [0.1, 0.15) is 94.6 Å². The second kappa shape index (κ2) is 10.4. The first kappa shape index (κ1) is 28.0. The molecule has 7 rings (SSSR count). The zero-order chi connectivity index (χ0) is 30.7. The molecule has 0 bridgehead atoms. The average molecular weight is 583 g/mol. The number of aromatic nitrogens is 1. The number of nitro groups is 1. The molecule has 220 valence electrons. The number of aryl methyl sites for hydroxylation is 1. The highest BCUT2D eigenvalue weighted by atomic mass is 16.6. The molecule has 6 nitrogen and oxygen atoms in total. The third-order valence-corrected chi connectivity index (χ3v) is 9.72. The molecule has 0 N–H and O–H groups in total. The van der Waals surface area contributed by atoms with Gasteiger partial charge < -0.3 is 4.57 Å². The van der Waals surface area contributed by atoms with Gasteiger partial charge in [-0.25, -0.2) is 0 Å². The number of carbonyl (C=O) groups is 2. The predicted molar refractivity (Wildman–Crippen MR) is 173 cm³/mol. The van der Waals surface area contributed by atoms with E-state index in [0.29, 0.717) is 24.0 Å². The highest BCUT2D eigenvalue weighted by Crippen LogP contribution is 2.54. The van der Waals surface area contributed by atoms with E-state index in [-0.39, 0.29) is 27.6 Å². The number of nitro benzene ring substituents is 1. The average Bonchev–Trinajstić information content (AvgIpc) is 3.65. The Balaban J connectivity index is 1.31. The summed E-state index contributed by atoms with van der Waals surface area (Å²) in [4.78, 5) is 38.2. The van der Waals surface area contributed by atoms with Gasteiger partial charge in [0.15, 0.2) is 11.6 Å². The minimum Gasteiger partial charge on any atom is -0.313 e. The summed E-state index contributed by atoms with van der Waals surface area (Å²) in [6.07, 6.45) is 4.78. The number of hydrogen-bond donors (Lipinski definition) is 0. The fourth-order valence-corrected chi connectivity index (χ4v) is 7.94. The molecule has 0 saturated carbocycles. The lowest BCUT2D eigenvalue weighted by Gasteiger charge is -2.32. The van der Waals surface area contributed by atoms with E-state index in [4.69, 9.17) is 0 Å². The fourth-order valence-electron chi connectivity index (χ4n) is 7.94. The quantitative estimate of drug-likeness (QED) is 0.104. The summed E-state index contributed by atoms with van der Waals surface area (Å²) in [5.41, 5.74) is 9.85. The maximum atomic E-state index is 14.1. The summed E-state index contributed by atoms with van der Waals surface area (Å²) in [7, 11) is 0. The SMILES string of the molecule is CCCC1(CCC)c2cc(C(=O)c3ccc(-n4c5c(c6ccccc64)C(=O)CC5)cc3C)ccc2-c2ccc([N+](=O)[O-])cc21. The van der Waals surface area contributed by atoms with Gasteiger partial charge in [-0.2, -0.15) is 0 Å². The summed E-state index contributed by atoms with van der Waals surface area (Å²) in [5.74, 6) is 0.146. The number of Topliss-reactive ketones (excluding diaryl/α,β-unsaturated/α-hetero) is 1. The van der Waals surface area contributed by atoms with Crippen molar-refractivity contribution in [2.45, 2.75) is 64.7 Å². The van der Waals surface area contributed by atoms with Crippen LogP contribution >= 0.6 is 0 Å². The Hall–Kier alpha value is -4.84. The number of ketones is 2. The Bertz CT molecular complexity index is 2030. The van der Waals surface area contributed by atoms with Gasteiger partial charge in [0.25, 0.3) is 5.69 Å². The summed E-state index contributed by atoms with van der Waals surface area (Å²) in [6.45, 7) is 6.26. The van der Waals surface area contributed by atoms with Crippen molar-refractivity contribution in [1.82, 2.24) is 4.57 Å². The molecule has 0 radical (unpaired) electrons. The molecule has 1 aromatic heterocycles. The van der Waals surface area contributed by atoms with Gasteiger partial charge in [-0.1, -0.05) is 57.0 Å². The Morgan fingerprint density at radius 3 is 2.30 bits per heavy atom. The summed E-state index contributed by atoms with van der Waals surface area (Å²) in [6, 6.07) is 25.1. The van der Waals surface area contributed by atoms with Crippen LogP contribution in [0.3, 0.4) is 0 Å². The molecule has 44 heavy (non-hydrogen) atoms. The van der Waals surface area contributed by atoms with Crippen molar-refractivity contribution < 1.29 is 14.5 Å². The number of non-ortho nitro benzene ring substituents is 1. The van der Waals surface area contributed by atoms with Crippen LogP contribution in [-0.2, 0) is 11.8 Å². The normalized spacial score (nSPS) is 14.5. The number of rotatable bonds is 8. The lowest BCUT2D eigenvalue weighted by molar-refractivity contribution is -0.384. The highest BCUT2D eigenvalue weighted by molar-refractivity contribution is 6.13. The molecular formula is C38H34N2O4. The lowest BCUT2D eigenvalue weighted by Crippen LogP contribution is -2.25. The van der Waals surface area contributed by atoms with Crippen molar-refractivity contribution in [3.05, 3.63) is 128 Å². The summed E-state index contributed by atoms with van der Waals surface area (Å²) < 4.78 is 2.17. The number of benzene rings is 4. The smallest absolute Gasteiger partial charge is 0.269 e. The topological polar surface area (TPSA) is 82.2 Å². The van der Waals surface area contributed by atoms with Gasteiger partial charge >= 0.3 is 0 Å². The van der Waals surface area contributed by atoms with Crippen LogP contribution in [0.25, 0.3) is 27.7 Å². The molecule has 0 saturated heterocycles. The van der Waals surface area contributed by atoms with Crippen molar-refractivity contribution in [2.75, 3.05) is 0 Å². The molecule has 0 aliphatic heterocycles. The third kappa shape index (κ3) is 4.00. The van der Waals surface area contributed by atoms with Crippen LogP contribution in [0.15, 0.2) is 78.9 Å². The van der Waals surface area contributed by atoms with Crippen LogP contribution in [-0.4, -0.2) is 21.1 Å². The molecule has 0 amide bonds. The second-order valence-corrected chi connectivity index (χ2v) is 12.3. The van der Waals surface area contributed by atoms with Crippen LogP contribution in [0.5, 0.6) is 0 Å². The number of hydrogen-bond acceptors (Lipinski definition) is 4. The van der Waals surface area contributed by atoms with Crippen molar-refractivity contribution in [1.29, 1.82) is 0 Å². The van der Waals surface area contributed by atoms with Crippen LogP contribution < -0.4 is 0 Å². The third-order valence-electron chi connectivity index (χ3n) is 9.72. The lowest BCUT2D eigenvalue weighted by atomic mass is 9.71. The number of para-hydroxylation sites is 1. The summed E-state index contributed by atoms with van der Waals surface area (Å²) in [5, 5.41) is 12.7. The summed E-state index contributed by atoms with van der Waals surface area (Å²) >= 11 is 0. The minimum absolute atomic E-state index is 0.0431. The van der Waals surface area contributed by atoms with Crippen molar-refractivity contribution in [3.63, 3.8) is 0 Å². The number of fused-ring (bicyclic) bond motifs is 6. The Kier molecular flexibility index (Phi) is 6.61. The second-order valence-electron chi connectivity index (χ2n) is 12.3. The first-order chi connectivity index (χ1) is 21.3. The maximum absolute atomic E-state index is 14.1. The first-order valence-electron chi connectivity index (χ1n) is 15.5. The maximum Gasteiger partial charge on any atom is 0.269 e. The van der Waals surface area contributed by atoms with Gasteiger partial charge in [-0.3, -0.25) is 19.7 Å². The van der Waals surface area contributed by atoms with E-state index in [1.807, 2.05) is 73.7 Å². The monoisotopic (exact) mass is 582 g/mol. The zero-order valence-corrected chi connectivity index (χ0v) is 25.3. The molecule has 0 unspecified atom stereocenters. The molecule has 0 fully saturated rings. The number of carbonyl (C=O) groups excluding carboxylic acids is 2. The van der Waals surface area contributed by atoms with E-state index in [1.54, 1.807) is 12.1 Å². The van der Waals surface area contributed by atoms with Gasteiger partial charge in [-0.15, -0.1) is 0 Å². The fraction of sp³-hybridized carbons (Fsp3) is 0.263. The van der Waals surface area contributed by atoms with E-state index in [0.717, 1.165) is 81.3 Å². The standard InChI is InChI=1S/C38H34N2O4/c1-4-18-38(19-5-2)31-21-24(10-13-28(31)29-15-12-26(40(43)44)22-32(29)38)37(42)27-14-11-25(20-23(27)3)39-33-9-7-6-8-30(33)36-34(39)16-17-35(36)41/h6-15,20-22H,4-5,16-19H2,1-3H3. The molecule has 6 heteroatoms. The number of nitrogens with zero attached hydrogens (tertiary/aromatic N) is 2. The van der Waals surface area contributed by atoms with Crippen molar-refractivity contribution in [2.24, 2.45) is 0 Å². The molecule has 1 heterocycles. The van der Waals surface area contributed by atoms with Crippen LogP contribution in [0.2, 0.25) is 0 Å². The largest absolute Gasteiger partial charge is 0.313 e. The molecular weight excluding hydrogens is 548 g/mol. The highest BCUT2D eigenvalue weighted by Gasteiger charge is 2.43.